The lowest BCUT2D eigenvalue weighted by Crippen LogP contribution is -2.24. The van der Waals surface area contributed by atoms with Gasteiger partial charge in [0.2, 0.25) is 11.8 Å². The summed E-state index contributed by atoms with van der Waals surface area (Å²) in [4.78, 5) is 34.8. The van der Waals surface area contributed by atoms with Crippen LogP contribution in [0.2, 0.25) is 20.1 Å². The van der Waals surface area contributed by atoms with Gasteiger partial charge in [0.15, 0.2) is 11.5 Å². The third-order valence-corrected chi connectivity index (χ3v) is 7.79. The van der Waals surface area contributed by atoms with Crippen LogP contribution in [0, 0.1) is 0 Å². The van der Waals surface area contributed by atoms with Crippen LogP contribution in [0.25, 0.3) is 0 Å². The van der Waals surface area contributed by atoms with Crippen LogP contribution in [-0.4, -0.2) is 42.4 Å². The molecule has 4 aromatic rings. The van der Waals surface area contributed by atoms with E-state index in [4.69, 9.17) is 66.1 Å². The van der Waals surface area contributed by atoms with Crippen molar-refractivity contribution in [2.24, 2.45) is 14.1 Å². The zero-order chi connectivity index (χ0) is 35.2. The highest BCUT2D eigenvalue weighted by molar-refractivity contribution is 6.37. The lowest BCUT2D eigenvalue weighted by molar-refractivity contribution is -0.136. The van der Waals surface area contributed by atoms with Crippen molar-refractivity contribution in [1.29, 1.82) is 0 Å². The highest BCUT2D eigenvalue weighted by Gasteiger charge is 2.17. The maximum absolute atomic E-state index is 12.0. The van der Waals surface area contributed by atoms with E-state index in [-0.39, 0.29) is 69.3 Å². The number of benzene rings is 2. The molecule has 2 aromatic carbocycles. The normalized spacial score (nSPS) is 11.0. The molecule has 2 N–H and O–H groups in total. The van der Waals surface area contributed by atoms with Gasteiger partial charge in [0.1, 0.15) is 0 Å². The van der Waals surface area contributed by atoms with Gasteiger partial charge in [-0.25, -0.2) is 9.36 Å². The molecule has 0 aliphatic carbocycles. The molecule has 0 aliphatic rings. The average Bonchev–Trinajstić information content (AvgIpc) is 2.96. The van der Waals surface area contributed by atoms with Crippen molar-refractivity contribution in [3.05, 3.63) is 99.5 Å². The Balaban J connectivity index is 0.000000256. The van der Waals surface area contributed by atoms with Gasteiger partial charge in [0, 0.05) is 44.0 Å². The van der Waals surface area contributed by atoms with Crippen molar-refractivity contribution in [3.63, 3.8) is 0 Å². The second-order valence-corrected chi connectivity index (χ2v) is 12.7. The van der Waals surface area contributed by atoms with Crippen LogP contribution in [0.1, 0.15) is 61.8 Å². The Labute approximate surface area is 291 Å². The first-order chi connectivity index (χ1) is 22.0. The summed E-state index contributed by atoms with van der Waals surface area (Å²) in [6.45, 7) is 7.63. The van der Waals surface area contributed by atoms with Crippen molar-refractivity contribution in [2.75, 3.05) is 6.61 Å². The summed E-state index contributed by atoms with van der Waals surface area (Å²) < 4.78 is 13.8. The minimum Gasteiger partial charge on any atom is -0.481 e. The van der Waals surface area contributed by atoms with Crippen LogP contribution in [0.4, 0.5) is 0 Å². The summed E-state index contributed by atoms with van der Waals surface area (Å²) in [5.41, 5.74) is 2.06. The SMILES string of the molecule is CC(C)c1cc(Oc2c(Cl)cc(CC(=O)O)cc2Cl)nn(C)c1=O.CC(C)c1cc(Oc2c(Cl)cc(CCO)cc2Cl)nn(C)c1=O. The number of carboxylic acid groups (broad SMARTS) is 1. The monoisotopic (exact) mass is 726 g/mol. The lowest BCUT2D eigenvalue weighted by Gasteiger charge is -2.13. The van der Waals surface area contributed by atoms with E-state index < -0.39 is 5.97 Å². The molecule has 4 rings (SSSR count). The molecular formula is C32H34Cl4N4O7. The number of nitrogens with zero attached hydrogens (tertiary/aromatic N) is 4. The summed E-state index contributed by atoms with van der Waals surface area (Å²) in [5, 5.41) is 26.9. The van der Waals surface area contributed by atoms with Gasteiger partial charge in [0.25, 0.3) is 11.1 Å². The minimum atomic E-state index is -0.989. The van der Waals surface area contributed by atoms with Crippen LogP contribution in [-0.2, 0) is 31.7 Å². The molecule has 0 aliphatic heterocycles. The van der Waals surface area contributed by atoms with Gasteiger partial charge in [-0.3, -0.25) is 14.4 Å². The molecule has 15 heteroatoms. The highest BCUT2D eigenvalue weighted by Crippen LogP contribution is 2.38. The minimum absolute atomic E-state index is 0.00191. The zero-order valence-corrected chi connectivity index (χ0v) is 29.5. The molecule has 47 heavy (non-hydrogen) atoms. The maximum atomic E-state index is 12.0. The van der Waals surface area contributed by atoms with Gasteiger partial charge in [-0.1, -0.05) is 74.1 Å². The first-order valence-electron chi connectivity index (χ1n) is 14.3. The van der Waals surface area contributed by atoms with E-state index in [0.29, 0.717) is 33.2 Å². The molecule has 252 valence electrons. The fourth-order valence-electron chi connectivity index (χ4n) is 4.31. The molecule has 0 unspecified atom stereocenters. The molecule has 0 radical (unpaired) electrons. The third-order valence-electron chi connectivity index (χ3n) is 6.67. The first kappa shape index (κ1) is 37.8. The summed E-state index contributed by atoms with van der Waals surface area (Å²) in [7, 11) is 3.09. The molecule has 0 saturated heterocycles. The molecule has 2 heterocycles. The molecule has 0 saturated carbocycles. The summed E-state index contributed by atoms with van der Waals surface area (Å²) in [6, 6.07) is 9.46. The van der Waals surface area contributed by atoms with Crippen molar-refractivity contribution < 1.29 is 24.5 Å². The predicted molar refractivity (Wildman–Crippen MR) is 182 cm³/mol. The second-order valence-electron chi connectivity index (χ2n) is 11.1. The van der Waals surface area contributed by atoms with E-state index in [1.165, 1.54) is 28.5 Å². The number of aliphatic hydroxyl groups excluding tert-OH is 1. The largest absolute Gasteiger partial charge is 0.481 e. The van der Waals surface area contributed by atoms with E-state index in [1.54, 1.807) is 31.3 Å². The van der Waals surface area contributed by atoms with Crippen molar-refractivity contribution >= 4 is 52.4 Å². The second kappa shape index (κ2) is 16.5. The number of rotatable bonds is 10. The van der Waals surface area contributed by atoms with Crippen molar-refractivity contribution in [2.45, 2.75) is 52.4 Å². The Morgan fingerprint density at radius 3 is 1.40 bits per heavy atom. The highest BCUT2D eigenvalue weighted by atomic mass is 35.5. The van der Waals surface area contributed by atoms with Gasteiger partial charge in [-0.2, -0.15) is 0 Å². The third kappa shape index (κ3) is 9.94. The first-order valence-corrected chi connectivity index (χ1v) is 15.8. The van der Waals surface area contributed by atoms with Crippen LogP contribution in [0.3, 0.4) is 0 Å². The molecule has 0 bridgehead atoms. The number of halogens is 4. The van der Waals surface area contributed by atoms with Crippen molar-refractivity contribution in [3.8, 4) is 23.3 Å². The van der Waals surface area contributed by atoms with Gasteiger partial charge in [0.05, 0.1) is 26.5 Å². The molecule has 0 amide bonds. The van der Waals surface area contributed by atoms with Gasteiger partial charge >= 0.3 is 5.97 Å². The Kier molecular flexibility index (Phi) is 13.3. The van der Waals surface area contributed by atoms with Crippen LogP contribution in [0.5, 0.6) is 23.3 Å². The number of carbonyl (C=O) groups is 1. The van der Waals surface area contributed by atoms with Crippen LogP contribution in [0.15, 0.2) is 46.0 Å². The van der Waals surface area contributed by atoms with E-state index in [2.05, 4.69) is 10.2 Å². The van der Waals surface area contributed by atoms with E-state index in [1.807, 2.05) is 27.7 Å². The number of aliphatic carboxylic acids is 1. The fraction of sp³-hybridized carbons (Fsp3) is 0.344. The Morgan fingerprint density at radius 1 is 0.723 bits per heavy atom. The molecule has 0 fully saturated rings. The summed E-state index contributed by atoms with van der Waals surface area (Å²) >= 11 is 24.7. The molecule has 11 nitrogen and oxygen atoms in total. The Bertz CT molecular complexity index is 1840. The quantitative estimate of drug-likeness (QED) is 0.174. The molecule has 0 spiro atoms. The van der Waals surface area contributed by atoms with E-state index in [9.17, 15) is 14.4 Å². The van der Waals surface area contributed by atoms with E-state index >= 15 is 0 Å². The number of hydrogen-bond acceptors (Lipinski definition) is 8. The number of aromatic nitrogens is 4. The molecule has 2 aromatic heterocycles. The van der Waals surface area contributed by atoms with Gasteiger partial charge < -0.3 is 19.7 Å². The fourth-order valence-corrected chi connectivity index (χ4v) is 5.53. The Morgan fingerprint density at radius 2 is 1.09 bits per heavy atom. The molecule has 0 atom stereocenters. The van der Waals surface area contributed by atoms with Crippen molar-refractivity contribution in [1.82, 2.24) is 19.6 Å². The van der Waals surface area contributed by atoms with Crippen LogP contribution >= 0.6 is 46.4 Å². The van der Waals surface area contributed by atoms with E-state index in [0.717, 1.165) is 5.56 Å². The van der Waals surface area contributed by atoms with Gasteiger partial charge in [-0.15, -0.1) is 10.2 Å². The Hall–Kier alpha value is -3.61. The predicted octanol–water partition coefficient (Wildman–Crippen LogP) is 7.17. The standard InChI is InChI=1S/C16H16Cl2N2O4.C16H18Cl2N2O3/c1-8(2)10-7-13(19-20(3)16(10)23)24-15-11(17)4-9(5-12(15)18)6-14(21)22;1-9(2)11-8-14(19-20(3)16(11)22)23-15-12(17)6-10(4-5-21)7-13(15)18/h4-5,7-8H,6H2,1-3H3,(H,21,22);6-9,21H,4-5H2,1-3H3. The number of aryl methyl sites for hydroxylation is 2. The van der Waals surface area contributed by atoms with Gasteiger partial charge in [-0.05, 0) is 53.6 Å². The lowest BCUT2D eigenvalue weighted by atomic mass is 10.1. The summed E-state index contributed by atoms with van der Waals surface area (Å²) in [6.07, 6.45) is 0.255. The number of aliphatic hydroxyl groups is 1. The number of hydrogen-bond donors (Lipinski definition) is 2. The molecular weight excluding hydrogens is 694 g/mol. The summed E-state index contributed by atoms with van der Waals surface area (Å²) in [5.74, 6) is -0.0961. The number of ether oxygens (including phenoxy) is 2. The average molecular weight is 728 g/mol. The topological polar surface area (TPSA) is 146 Å². The maximum Gasteiger partial charge on any atom is 0.307 e. The van der Waals surface area contributed by atoms with Crippen LogP contribution < -0.4 is 20.6 Å². The number of carboxylic acids is 1. The zero-order valence-electron chi connectivity index (χ0n) is 26.5. The smallest absolute Gasteiger partial charge is 0.307 e.